The zero-order valence-electron chi connectivity index (χ0n) is 10.9. The molecule has 98 valence electrons. The molecule has 2 heterocycles. The molecular weight excluding hydrogens is 242 g/mol. The van der Waals surface area contributed by atoms with Crippen molar-refractivity contribution >= 4 is 10.9 Å². The van der Waals surface area contributed by atoms with Gasteiger partial charge in [0, 0.05) is 18.2 Å². The Bertz CT molecular complexity index is 687. The second-order valence-corrected chi connectivity index (χ2v) is 4.30. The van der Waals surface area contributed by atoms with Gasteiger partial charge in [-0.15, -0.1) is 0 Å². The maximum absolute atomic E-state index is 5.46. The molecule has 1 aromatic carbocycles. The maximum atomic E-state index is 5.46. The van der Waals surface area contributed by atoms with Gasteiger partial charge in [-0.2, -0.15) is 4.98 Å². The van der Waals surface area contributed by atoms with E-state index in [9.17, 15) is 0 Å². The molecule has 3 aromatic rings. The molecule has 0 aliphatic rings. The molecule has 0 amide bonds. The predicted octanol–water partition coefficient (Wildman–Crippen LogP) is 3.32. The molecule has 0 aliphatic heterocycles. The van der Waals surface area contributed by atoms with Gasteiger partial charge in [0.25, 0.3) is 5.89 Å². The van der Waals surface area contributed by atoms with E-state index in [1.807, 2.05) is 44.3 Å². The van der Waals surface area contributed by atoms with Crippen LogP contribution in [-0.2, 0) is 4.74 Å². The fourth-order valence-corrected chi connectivity index (χ4v) is 2.10. The summed E-state index contributed by atoms with van der Waals surface area (Å²) < 4.78 is 10.8. The van der Waals surface area contributed by atoms with Crippen molar-refractivity contribution in [2.75, 3.05) is 6.61 Å². The van der Waals surface area contributed by atoms with Crippen LogP contribution in [0.4, 0.5) is 0 Å². The molecule has 0 bridgehead atoms. The van der Waals surface area contributed by atoms with E-state index in [2.05, 4.69) is 15.1 Å². The van der Waals surface area contributed by atoms with E-state index in [-0.39, 0.29) is 6.10 Å². The van der Waals surface area contributed by atoms with E-state index in [4.69, 9.17) is 9.26 Å². The standard InChI is InChI=1S/C14H15N3O2/c1-3-18-9(2)13-16-14(19-17-13)11-6-4-5-10-7-8-15-12(10)11/h4-9,15H,3H2,1-2H3/t9-/m0/s1. The molecular formula is C14H15N3O2. The first-order chi connectivity index (χ1) is 9.29. The number of nitrogens with one attached hydrogen (secondary N) is 1. The number of ether oxygens (including phenoxy) is 1. The fourth-order valence-electron chi connectivity index (χ4n) is 2.10. The number of hydrogen-bond donors (Lipinski definition) is 1. The average Bonchev–Trinajstić information content (AvgIpc) is 3.07. The molecule has 3 rings (SSSR count). The van der Waals surface area contributed by atoms with Crippen molar-refractivity contribution in [3.05, 3.63) is 36.3 Å². The summed E-state index contributed by atoms with van der Waals surface area (Å²) in [5.41, 5.74) is 1.91. The molecule has 1 atom stereocenters. The Morgan fingerprint density at radius 1 is 1.37 bits per heavy atom. The summed E-state index contributed by atoms with van der Waals surface area (Å²) in [4.78, 5) is 7.60. The van der Waals surface area contributed by atoms with Crippen LogP contribution in [-0.4, -0.2) is 21.7 Å². The van der Waals surface area contributed by atoms with Crippen molar-refractivity contribution < 1.29 is 9.26 Å². The van der Waals surface area contributed by atoms with Crippen LogP contribution < -0.4 is 0 Å². The van der Waals surface area contributed by atoms with Gasteiger partial charge in [0.2, 0.25) is 5.82 Å². The molecule has 0 aliphatic carbocycles. The van der Waals surface area contributed by atoms with Crippen LogP contribution >= 0.6 is 0 Å². The lowest BCUT2D eigenvalue weighted by Gasteiger charge is -2.04. The minimum Gasteiger partial charge on any atom is -0.371 e. The van der Waals surface area contributed by atoms with Crippen molar-refractivity contribution in [2.45, 2.75) is 20.0 Å². The van der Waals surface area contributed by atoms with Crippen LogP contribution in [0.1, 0.15) is 25.8 Å². The highest BCUT2D eigenvalue weighted by Crippen LogP contribution is 2.27. The highest BCUT2D eigenvalue weighted by molar-refractivity contribution is 5.91. The molecule has 2 aromatic heterocycles. The van der Waals surface area contributed by atoms with Crippen molar-refractivity contribution in [1.82, 2.24) is 15.1 Å². The van der Waals surface area contributed by atoms with Gasteiger partial charge in [-0.25, -0.2) is 0 Å². The van der Waals surface area contributed by atoms with E-state index in [0.717, 1.165) is 16.5 Å². The van der Waals surface area contributed by atoms with Gasteiger partial charge in [0.1, 0.15) is 6.10 Å². The maximum Gasteiger partial charge on any atom is 0.260 e. The minimum absolute atomic E-state index is 0.162. The first-order valence-electron chi connectivity index (χ1n) is 6.31. The largest absolute Gasteiger partial charge is 0.371 e. The summed E-state index contributed by atoms with van der Waals surface area (Å²) >= 11 is 0. The third kappa shape index (κ3) is 2.13. The Labute approximate surface area is 110 Å². The summed E-state index contributed by atoms with van der Waals surface area (Å²) in [5.74, 6) is 1.08. The fraction of sp³-hybridized carbons (Fsp3) is 0.286. The smallest absolute Gasteiger partial charge is 0.260 e. The molecule has 0 unspecified atom stereocenters. The Morgan fingerprint density at radius 2 is 2.26 bits per heavy atom. The van der Waals surface area contributed by atoms with E-state index in [0.29, 0.717) is 18.3 Å². The Morgan fingerprint density at radius 3 is 3.11 bits per heavy atom. The van der Waals surface area contributed by atoms with Gasteiger partial charge in [0.15, 0.2) is 0 Å². The number of rotatable bonds is 4. The molecule has 19 heavy (non-hydrogen) atoms. The van der Waals surface area contributed by atoms with Crippen molar-refractivity contribution in [2.24, 2.45) is 0 Å². The van der Waals surface area contributed by atoms with Gasteiger partial charge >= 0.3 is 0 Å². The topological polar surface area (TPSA) is 63.9 Å². The Balaban J connectivity index is 2.00. The van der Waals surface area contributed by atoms with E-state index < -0.39 is 0 Å². The first kappa shape index (κ1) is 11.9. The Hall–Kier alpha value is -2.14. The van der Waals surface area contributed by atoms with E-state index >= 15 is 0 Å². The molecule has 0 spiro atoms. The highest BCUT2D eigenvalue weighted by atomic mass is 16.5. The molecule has 1 N–H and O–H groups in total. The van der Waals surface area contributed by atoms with Crippen LogP contribution in [0, 0.1) is 0 Å². The molecule has 0 saturated heterocycles. The second-order valence-electron chi connectivity index (χ2n) is 4.30. The van der Waals surface area contributed by atoms with Crippen LogP contribution in [0.25, 0.3) is 22.4 Å². The van der Waals surface area contributed by atoms with Crippen LogP contribution in [0.2, 0.25) is 0 Å². The zero-order valence-corrected chi connectivity index (χ0v) is 10.9. The monoisotopic (exact) mass is 257 g/mol. The lowest BCUT2D eigenvalue weighted by atomic mass is 10.1. The van der Waals surface area contributed by atoms with Gasteiger partial charge in [-0.3, -0.25) is 0 Å². The SMILES string of the molecule is CCO[C@@H](C)c1noc(-c2cccc3cc[nH]c23)n1. The minimum atomic E-state index is -0.162. The number of fused-ring (bicyclic) bond motifs is 1. The number of aromatic amines is 1. The number of hydrogen-bond acceptors (Lipinski definition) is 4. The number of benzene rings is 1. The quantitative estimate of drug-likeness (QED) is 0.778. The summed E-state index contributed by atoms with van der Waals surface area (Å²) in [7, 11) is 0. The third-order valence-electron chi connectivity index (χ3n) is 3.04. The second kappa shape index (κ2) is 4.85. The lowest BCUT2D eigenvalue weighted by molar-refractivity contribution is 0.0683. The molecule has 5 nitrogen and oxygen atoms in total. The first-order valence-corrected chi connectivity index (χ1v) is 6.31. The third-order valence-corrected chi connectivity index (χ3v) is 3.04. The van der Waals surface area contributed by atoms with E-state index in [1.165, 1.54) is 0 Å². The number of para-hydroxylation sites is 1. The van der Waals surface area contributed by atoms with Crippen LogP contribution in [0.15, 0.2) is 35.0 Å². The van der Waals surface area contributed by atoms with Gasteiger partial charge in [-0.1, -0.05) is 17.3 Å². The molecule has 0 fully saturated rings. The summed E-state index contributed by atoms with van der Waals surface area (Å²) in [6, 6.07) is 7.98. The number of H-pyrrole nitrogens is 1. The molecule has 5 heteroatoms. The molecule has 0 radical (unpaired) electrons. The van der Waals surface area contributed by atoms with Crippen LogP contribution in [0.5, 0.6) is 0 Å². The summed E-state index contributed by atoms with van der Waals surface area (Å²) in [6.07, 6.45) is 1.74. The van der Waals surface area contributed by atoms with Crippen molar-refractivity contribution in [1.29, 1.82) is 0 Å². The van der Waals surface area contributed by atoms with Crippen molar-refractivity contribution in [3.63, 3.8) is 0 Å². The van der Waals surface area contributed by atoms with Crippen LogP contribution in [0.3, 0.4) is 0 Å². The summed E-state index contributed by atoms with van der Waals surface area (Å²) in [6.45, 7) is 4.47. The number of nitrogens with zero attached hydrogens (tertiary/aromatic N) is 2. The predicted molar refractivity (Wildman–Crippen MR) is 71.6 cm³/mol. The van der Waals surface area contributed by atoms with Crippen molar-refractivity contribution in [3.8, 4) is 11.5 Å². The van der Waals surface area contributed by atoms with Gasteiger partial charge in [-0.05, 0) is 26.0 Å². The average molecular weight is 257 g/mol. The lowest BCUT2D eigenvalue weighted by Crippen LogP contribution is -2.01. The molecule has 0 saturated carbocycles. The highest BCUT2D eigenvalue weighted by Gasteiger charge is 2.16. The van der Waals surface area contributed by atoms with Gasteiger partial charge in [0.05, 0.1) is 11.1 Å². The number of aromatic nitrogens is 3. The zero-order chi connectivity index (χ0) is 13.2. The Kier molecular flexibility index (Phi) is 3.05. The van der Waals surface area contributed by atoms with Gasteiger partial charge < -0.3 is 14.2 Å². The van der Waals surface area contributed by atoms with E-state index in [1.54, 1.807) is 0 Å². The normalized spacial score (nSPS) is 12.9. The summed E-state index contributed by atoms with van der Waals surface area (Å²) in [5, 5.41) is 5.10.